The van der Waals surface area contributed by atoms with Gasteiger partial charge in [0.2, 0.25) is 0 Å². The van der Waals surface area contributed by atoms with E-state index in [0.29, 0.717) is 11.1 Å². The number of hydrogen-bond acceptors (Lipinski definition) is 4. The first kappa shape index (κ1) is 11.4. The van der Waals surface area contributed by atoms with Crippen LogP contribution in [0, 0.1) is 22.7 Å². The summed E-state index contributed by atoms with van der Waals surface area (Å²) in [6.07, 6.45) is 2.44. The zero-order chi connectivity index (χ0) is 12.3. The van der Waals surface area contributed by atoms with Crippen LogP contribution in [0.3, 0.4) is 0 Å². The molecule has 1 aromatic rings. The SMILES string of the molecule is N#Cc1ccc(N[C@@H]2CCC[C@H]2O)cc1C#N. The number of anilines is 1. The normalized spacial score (nSPS) is 22.8. The molecule has 1 aliphatic carbocycles. The van der Waals surface area contributed by atoms with Crippen LogP contribution in [0.15, 0.2) is 18.2 Å². The number of nitrogens with one attached hydrogen (secondary N) is 1. The van der Waals surface area contributed by atoms with E-state index in [1.807, 2.05) is 12.1 Å². The molecule has 1 fully saturated rings. The molecule has 0 unspecified atom stereocenters. The van der Waals surface area contributed by atoms with E-state index >= 15 is 0 Å². The Kier molecular flexibility index (Phi) is 3.27. The molecule has 0 bridgehead atoms. The lowest BCUT2D eigenvalue weighted by atomic mass is 10.1. The van der Waals surface area contributed by atoms with Gasteiger partial charge in [0.25, 0.3) is 0 Å². The van der Waals surface area contributed by atoms with Crippen molar-refractivity contribution in [2.75, 3.05) is 5.32 Å². The van der Waals surface area contributed by atoms with Crippen LogP contribution in [0.5, 0.6) is 0 Å². The highest BCUT2D eigenvalue weighted by molar-refractivity contribution is 5.56. The van der Waals surface area contributed by atoms with E-state index in [1.165, 1.54) is 0 Å². The number of hydrogen-bond donors (Lipinski definition) is 2. The smallest absolute Gasteiger partial charge is 0.101 e. The lowest BCUT2D eigenvalue weighted by molar-refractivity contribution is 0.172. The minimum atomic E-state index is -0.323. The van der Waals surface area contributed by atoms with Crippen molar-refractivity contribution in [1.82, 2.24) is 0 Å². The van der Waals surface area contributed by atoms with Gasteiger partial charge in [-0.2, -0.15) is 10.5 Å². The van der Waals surface area contributed by atoms with Crippen molar-refractivity contribution < 1.29 is 5.11 Å². The molecule has 2 N–H and O–H groups in total. The number of nitriles is 2. The number of rotatable bonds is 2. The van der Waals surface area contributed by atoms with Gasteiger partial charge in [-0.3, -0.25) is 0 Å². The maximum Gasteiger partial charge on any atom is 0.101 e. The lowest BCUT2D eigenvalue weighted by Crippen LogP contribution is -2.27. The van der Waals surface area contributed by atoms with Crippen LogP contribution in [-0.4, -0.2) is 17.3 Å². The molecule has 0 saturated heterocycles. The van der Waals surface area contributed by atoms with Crippen LogP contribution in [-0.2, 0) is 0 Å². The van der Waals surface area contributed by atoms with E-state index in [1.54, 1.807) is 18.2 Å². The molecule has 1 aliphatic rings. The highest BCUT2D eigenvalue weighted by Gasteiger charge is 2.24. The molecule has 17 heavy (non-hydrogen) atoms. The Bertz CT molecular complexity index is 498. The van der Waals surface area contributed by atoms with Gasteiger partial charge in [0.15, 0.2) is 0 Å². The van der Waals surface area contributed by atoms with Crippen molar-refractivity contribution in [1.29, 1.82) is 10.5 Å². The fourth-order valence-electron chi connectivity index (χ4n) is 2.15. The van der Waals surface area contributed by atoms with Crippen LogP contribution in [0.25, 0.3) is 0 Å². The molecule has 0 spiro atoms. The summed E-state index contributed by atoms with van der Waals surface area (Å²) in [5.74, 6) is 0. The van der Waals surface area contributed by atoms with Crippen molar-refractivity contribution in [3.05, 3.63) is 29.3 Å². The molecule has 86 valence electrons. The van der Waals surface area contributed by atoms with Gasteiger partial charge in [-0.25, -0.2) is 0 Å². The van der Waals surface area contributed by atoms with Crippen LogP contribution >= 0.6 is 0 Å². The van der Waals surface area contributed by atoms with Crippen LogP contribution in [0.2, 0.25) is 0 Å². The van der Waals surface area contributed by atoms with Gasteiger partial charge in [-0.15, -0.1) is 0 Å². The summed E-state index contributed by atoms with van der Waals surface area (Å²) in [6, 6.07) is 9.08. The van der Waals surface area contributed by atoms with Gasteiger partial charge in [-0.1, -0.05) is 0 Å². The molecular weight excluding hydrogens is 214 g/mol. The van der Waals surface area contributed by atoms with Gasteiger partial charge in [0, 0.05) is 5.69 Å². The Labute approximate surface area is 100 Å². The number of benzene rings is 1. The summed E-state index contributed by atoms with van der Waals surface area (Å²) in [6.45, 7) is 0. The third-order valence-corrected chi connectivity index (χ3v) is 3.09. The van der Waals surface area contributed by atoms with Crippen molar-refractivity contribution in [3.8, 4) is 12.1 Å². The third kappa shape index (κ3) is 2.38. The highest BCUT2D eigenvalue weighted by atomic mass is 16.3. The molecular formula is C13H13N3O. The van der Waals surface area contributed by atoms with E-state index in [0.717, 1.165) is 24.9 Å². The average Bonchev–Trinajstić information content (AvgIpc) is 2.75. The summed E-state index contributed by atoms with van der Waals surface area (Å²) in [4.78, 5) is 0. The molecule has 0 aliphatic heterocycles. The molecule has 4 heteroatoms. The van der Waals surface area contributed by atoms with Gasteiger partial charge in [0.05, 0.1) is 23.3 Å². The predicted octanol–water partition coefficient (Wildman–Crippen LogP) is 1.76. The van der Waals surface area contributed by atoms with Crippen molar-refractivity contribution in [2.24, 2.45) is 0 Å². The monoisotopic (exact) mass is 227 g/mol. The molecule has 1 saturated carbocycles. The number of aliphatic hydroxyl groups excluding tert-OH is 1. The Morgan fingerprint density at radius 1 is 1.18 bits per heavy atom. The van der Waals surface area contributed by atoms with Crippen molar-refractivity contribution in [2.45, 2.75) is 31.4 Å². The Balaban J connectivity index is 2.18. The largest absolute Gasteiger partial charge is 0.391 e. The summed E-state index contributed by atoms with van der Waals surface area (Å²) in [5, 5.41) is 30.6. The minimum absolute atomic E-state index is 0.0504. The number of aliphatic hydroxyl groups is 1. The van der Waals surface area contributed by atoms with Gasteiger partial charge in [0.1, 0.15) is 12.1 Å². The van der Waals surface area contributed by atoms with Crippen LogP contribution < -0.4 is 5.32 Å². The maximum absolute atomic E-state index is 9.70. The molecule has 2 rings (SSSR count). The highest BCUT2D eigenvalue weighted by Crippen LogP contribution is 2.24. The van der Waals surface area contributed by atoms with Gasteiger partial charge < -0.3 is 10.4 Å². The Morgan fingerprint density at radius 2 is 1.94 bits per heavy atom. The minimum Gasteiger partial charge on any atom is -0.391 e. The third-order valence-electron chi connectivity index (χ3n) is 3.09. The van der Waals surface area contributed by atoms with E-state index in [9.17, 15) is 5.11 Å². The van der Waals surface area contributed by atoms with Crippen LogP contribution in [0.1, 0.15) is 30.4 Å². The summed E-state index contributed by atoms with van der Waals surface area (Å²) in [5.41, 5.74) is 1.53. The van der Waals surface area contributed by atoms with E-state index < -0.39 is 0 Å². The standard InChI is InChI=1S/C13H13N3O/c14-7-9-4-5-11(6-10(9)8-15)16-12-2-1-3-13(12)17/h4-6,12-13,16-17H,1-3H2/t12-,13-/m1/s1. The maximum atomic E-state index is 9.70. The summed E-state index contributed by atoms with van der Waals surface area (Å²) >= 11 is 0. The molecule has 4 nitrogen and oxygen atoms in total. The molecule has 0 heterocycles. The molecule has 0 radical (unpaired) electrons. The molecule has 1 aromatic carbocycles. The second-order valence-corrected chi connectivity index (χ2v) is 4.23. The fraction of sp³-hybridized carbons (Fsp3) is 0.385. The summed E-state index contributed by atoms with van der Waals surface area (Å²) < 4.78 is 0. The average molecular weight is 227 g/mol. The first-order valence-corrected chi connectivity index (χ1v) is 5.63. The second kappa shape index (κ2) is 4.86. The van der Waals surface area contributed by atoms with Crippen molar-refractivity contribution >= 4 is 5.69 Å². The predicted molar refractivity (Wildman–Crippen MR) is 63.1 cm³/mol. The number of nitrogens with zero attached hydrogens (tertiary/aromatic N) is 2. The Hall–Kier alpha value is -2.04. The van der Waals surface area contributed by atoms with E-state index in [2.05, 4.69) is 5.32 Å². The van der Waals surface area contributed by atoms with Gasteiger partial charge >= 0.3 is 0 Å². The first-order chi connectivity index (χ1) is 8.24. The zero-order valence-electron chi connectivity index (χ0n) is 9.35. The zero-order valence-corrected chi connectivity index (χ0v) is 9.35. The van der Waals surface area contributed by atoms with Crippen LogP contribution in [0.4, 0.5) is 5.69 Å². The van der Waals surface area contributed by atoms with E-state index in [-0.39, 0.29) is 12.1 Å². The molecule has 0 amide bonds. The molecule has 0 aromatic heterocycles. The fourth-order valence-corrected chi connectivity index (χ4v) is 2.15. The second-order valence-electron chi connectivity index (χ2n) is 4.23. The molecule has 2 atom stereocenters. The topological polar surface area (TPSA) is 79.8 Å². The van der Waals surface area contributed by atoms with E-state index in [4.69, 9.17) is 10.5 Å². The lowest BCUT2D eigenvalue weighted by Gasteiger charge is -2.17. The van der Waals surface area contributed by atoms with Gasteiger partial charge in [-0.05, 0) is 37.5 Å². The van der Waals surface area contributed by atoms with Crippen molar-refractivity contribution in [3.63, 3.8) is 0 Å². The first-order valence-electron chi connectivity index (χ1n) is 5.63. The Morgan fingerprint density at radius 3 is 2.53 bits per heavy atom. The summed E-state index contributed by atoms with van der Waals surface area (Å²) in [7, 11) is 0. The quantitative estimate of drug-likeness (QED) is 0.806.